The highest BCUT2D eigenvalue weighted by Crippen LogP contribution is 2.11. The van der Waals surface area contributed by atoms with Crippen molar-refractivity contribution in [2.75, 3.05) is 0 Å². The van der Waals surface area contributed by atoms with E-state index in [0.29, 0.717) is 12.8 Å². The van der Waals surface area contributed by atoms with Crippen molar-refractivity contribution in [3.05, 3.63) is 24.3 Å². The molecule has 6 nitrogen and oxygen atoms in total. The molecule has 0 aromatic carbocycles. The average molecular weight is 597 g/mol. The first-order chi connectivity index (χ1) is 20.3. The Morgan fingerprint density at radius 2 is 1.00 bits per heavy atom. The fourth-order valence-electron chi connectivity index (χ4n) is 4.25. The largest absolute Gasteiger partial charge is 0.481 e. The summed E-state index contributed by atoms with van der Waals surface area (Å²) in [6.45, 7) is 6.40. The van der Waals surface area contributed by atoms with Crippen LogP contribution in [0.25, 0.3) is 0 Å². The number of hydrogen-bond donors (Lipinski definition) is 3. The fraction of sp³-hybridized carbons (Fsp3) is 0.806. The van der Waals surface area contributed by atoms with Gasteiger partial charge in [-0.05, 0) is 64.7 Å². The zero-order chi connectivity index (χ0) is 31.9. The Kier molecular flexibility index (Phi) is 43.6. The van der Waals surface area contributed by atoms with Gasteiger partial charge in [-0.25, -0.2) is 0 Å². The van der Waals surface area contributed by atoms with Gasteiger partial charge in [-0.3, -0.25) is 9.59 Å². The van der Waals surface area contributed by atoms with Gasteiger partial charge in [-0.2, -0.15) is 0 Å². The molecule has 0 aromatic rings. The number of aldehydes is 1. The molecule has 0 aliphatic heterocycles. The van der Waals surface area contributed by atoms with Gasteiger partial charge in [0.05, 0.1) is 6.10 Å². The number of hydrogen-bond acceptors (Lipinski definition) is 4. The number of aliphatic carboxylic acids is 2. The molecule has 248 valence electrons. The van der Waals surface area contributed by atoms with Gasteiger partial charge in [0.15, 0.2) is 0 Å². The molecule has 0 amide bonds. The van der Waals surface area contributed by atoms with Crippen molar-refractivity contribution >= 4 is 18.2 Å². The van der Waals surface area contributed by atoms with E-state index in [9.17, 15) is 19.5 Å². The molecular formula is C36H68O6. The van der Waals surface area contributed by atoms with Crippen molar-refractivity contribution in [1.82, 2.24) is 0 Å². The van der Waals surface area contributed by atoms with Gasteiger partial charge in [-0.15, -0.1) is 0 Å². The quantitative estimate of drug-likeness (QED) is 0.0470. The molecule has 0 unspecified atom stereocenters. The van der Waals surface area contributed by atoms with Crippen LogP contribution in [-0.2, 0) is 14.4 Å². The maximum absolute atomic E-state index is 10.3. The summed E-state index contributed by atoms with van der Waals surface area (Å²) in [4.78, 5) is 30.3. The van der Waals surface area contributed by atoms with E-state index in [-0.39, 0.29) is 6.10 Å². The number of rotatable bonds is 28. The van der Waals surface area contributed by atoms with Crippen molar-refractivity contribution in [2.45, 2.75) is 187 Å². The Morgan fingerprint density at radius 3 is 1.48 bits per heavy atom. The Bertz CT molecular complexity index is 614. The van der Waals surface area contributed by atoms with Crippen molar-refractivity contribution < 1.29 is 29.7 Å². The molecule has 0 aromatic heterocycles. The molecule has 6 heteroatoms. The molecule has 0 aliphatic rings. The third kappa shape index (κ3) is 50.8. The predicted octanol–water partition coefficient (Wildman–Crippen LogP) is 10.6. The second-order valence-electron chi connectivity index (χ2n) is 11.2. The van der Waals surface area contributed by atoms with Gasteiger partial charge in [0.1, 0.15) is 6.29 Å². The number of aliphatic hydroxyl groups excluding tert-OH is 1. The summed E-state index contributed by atoms with van der Waals surface area (Å²) in [6, 6.07) is 0. The van der Waals surface area contributed by atoms with Crippen LogP contribution in [0.2, 0.25) is 0 Å². The lowest BCUT2D eigenvalue weighted by Gasteiger charge is -2.07. The van der Waals surface area contributed by atoms with Gasteiger partial charge in [0.25, 0.3) is 0 Å². The molecule has 0 saturated carbocycles. The molecule has 0 radical (unpaired) electrons. The van der Waals surface area contributed by atoms with E-state index in [1.807, 2.05) is 6.92 Å². The molecule has 0 aliphatic carbocycles. The van der Waals surface area contributed by atoms with Crippen LogP contribution in [0.5, 0.6) is 0 Å². The Balaban J connectivity index is -0.000000613. The molecule has 3 N–H and O–H groups in total. The summed E-state index contributed by atoms with van der Waals surface area (Å²) in [5.74, 6) is -1.36. The highest BCUT2D eigenvalue weighted by molar-refractivity contribution is 5.66. The van der Waals surface area contributed by atoms with E-state index in [1.165, 1.54) is 64.2 Å². The summed E-state index contributed by atoms with van der Waals surface area (Å²) in [7, 11) is 0. The SMILES string of the molecule is C/C=C/CCCCCCCC(=O)O.CCCCCCC=O.CCCCCC[C@@H](O)C/C=C\CCCCCCCC(=O)O. The molecule has 0 rings (SSSR count). The van der Waals surface area contributed by atoms with Crippen LogP contribution >= 0.6 is 0 Å². The van der Waals surface area contributed by atoms with Gasteiger partial charge in [0.2, 0.25) is 0 Å². The van der Waals surface area contributed by atoms with Crippen LogP contribution in [0, 0.1) is 0 Å². The second kappa shape index (κ2) is 41.2. The van der Waals surface area contributed by atoms with E-state index in [2.05, 4.69) is 38.2 Å². The van der Waals surface area contributed by atoms with Crippen molar-refractivity contribution in [3.63, 3.8) is 0 Å². The minimum absolute atomic E-state index is 0.172. The van der Waals surface area contributed by atoms with Crippen molar-refractivity contribution in [3.8, 4) is 0 Å². The number of allylic oxidation sites excluding steroid dienone is 3. The molecular weight excluding hydrogens is 528 g/mol. The van der Waals surface area contributed by atoms with Gasteiger partial charge in [0, 0.05) is 19.3 Å². The third-order valence-corrected chi connectivity index (χ3v) is 6.90. The summed E-state index contributed by atoms with van der Waals surface area (Å²) in [5.41, 5.74) is 0. The monoisotopic (exact) mass is 597 g/mol. The number of unbranched alkanes of at least 4 members (excludes halogenated alkanes) is 17. The summed E-state index contributed by atoms with van der Waals surface area (Å²) < 4.78 is 0. The number of carboxylic acids is 2. The lowest BCUT2D eigenvalue weighted by atomic mass is 10.1. The lowest BCUT2D eigenvalue weighted by molar-refractivity contribution is -0.138. The van der Waals surface area contributed by atoms with E-state index in [1.54, 1.807) is 0 Å². The Hall–Kier alpha value is -1.95. The van der Waals surface area contributed by atoms with Crippen LogP contribution in [0.1, 0.15) is 181 Å². The van der Waals surface area contributed by atoms with Crippen molar-refractivity contribution in [1.29, 1.82) is 0 Å². The first kappa shape index (κ1) is 44.5. The van der Waals surface area contributed by atoms with Crippen molar-refractivity contribution in [2.24, 2.45) is 0 Å². The highest BCUT2D eigenvalue weighted by atomic mass is 16.4. The number of aliphatic hydroxyl groups is 1. The van der Waals surface area contributed by atoms with Gasteiger partial charge < -0.3 is 20.1 Å². The summed E-state index contributed by atoms with van der Waals surface area (Å²) >= 11 is 0. The number of carbonyl (C=O) groups excluding carboxylic acids is 1. The molecule has 0 spiro atoms. The zero-order valence-corrected chi connectivity index (χ0v) is 27.7. The van der Waals surface area contributed by atoms with E-state index >= 15 is 0 Å². The van der Waals surface area contributed by atoms with Gasteiger partial charge in [-0.1, -0.05) is 122 Å². The second-order valence-corrected chi connectivity index (χ2v) is 11.2. The minimum Gasteiger partial charge on any atom is -0.481 e. The standard InChI is InChI=1S/C18H34O3.C11H20O2.C7H14O/c1-2-3-4-11-14-17(19)15-12-9-7-5-6-8-10-13-16-18(20)21;1-2-3-4-5-6-7-8-9-10-11(12)13;1-2-3-4-5-6-7-8/h9,12,17,19H,2-8,10-11,13-16H2,1H3,(H,20,21);2-3H,4-10H2,1H3,(H,12,13);7H,2-6H2,1H3/b12-9-;3-2+;/t17-;;/m1../s1. The van der Waals surface area contributed by atoms with E-state index in [0.717, 1.165) is 89.8 Å². The fourth-order valence-corrected chi connectivity index (χ4v) is 4.25. The maximum atomic E-state index is 10.3. The predicted molar refractivity (Wildman–Crippen MR) is 178 cm³/mol. The minimum atomic E-state index is -0.689. The normalized spacial score (nSPS) is 11.5. The first-order valence-corrected chi connectivity index (χ1v) is 17.2. The van der Waals surface area contributed by atoms with Crippen LogP contribution in [0.3, 0.4) is 0 Å². The molecule has 0 bridgehead atoms. The zero-order valence-electron chi connectivity index (χ0n) is 27.7. The van der Waals surface area contributed by atoms with Crippen LogP contribution in [0.15, 0.2) is 24.3 Å². The number of carbonyl (C=O) groups is 3. The van der Waals surface area contributed by atoms with Crippen LogP contribution in [0.4, 0.5) is 0 Å². The van der Waals surface area contributed by atoms with Crippen LogP contribution < -0.4 is 0 Å². The average Bonchev–Trinajstić information content (AvgIpc) is 2.96. The molecule has 0 heterocycles. The first-order valence-electron chi connectivity index (χ1n) is 17.2. The summed E-state index contributed by atoms with van der Waals surface area (Å²) in [6.07, 6.45) is 35.2. The lowest BCUT2D eigenvalue weighted by Crippen LogP contribution is -2.04. The van der Waals surface area contributed by atoms with E-state index in [4.69, 9.17) is 10.2 Å². The topological polar surface area (TPSA) is 112 Å². The smallest absolute Gasteiger partial charge is 0.303 e. The molecule has 1 atom stereocenters. The number of carboxylic acid groups (broad SMARTS) is 2. The molecule has 0 fully saturated rings. The third-order valence-electron chi connectivity index (χ3n) is 6.90. The molecule has 0 saturated heterocycles. The maximum Gasteiger partial charge on any atom is 0.303 e. The Morgan fingerprint density at radius 1 is 0.571 bits per heavy atom. The van der Waals surface area contributed by atoms with E-state index < -0.39 is 11.9 Å². The highest BCUT2D eigenvalue weighted by Gasteiger charge is 2.01. The summed E-state index contributed by atoms with van der Waals surface area (Å²) in [5, 5.41) is 26.7. The van der Waals surface area contributed by atoms with Crippen LogP contribution in [-0.4, -0.2) is 39.6 Å². The van der Waals surface area contributed by atoms with Gasteiger partial charge >= 0.3 is 11.9 Å². The Labute approximate surface area is 259 Å². The molecule has 42 heavy (non-hydrogen) atoms.